The molecule has 1 aromatic carbocycles. The number of likely N-dealkylation sites (N-methyl/N-ethyl adjacent to an activating group) is 1. The van der Waals surface area contributed by atoms with Crippen molar-refractivity contribution in [1.82, 2.24) is 4.90 Å². The van der Waals surface area contributed by atoms with E-state index in [0.29, 0.717) is 5.69 Å². The number of halogens is 3. The second-order valence-corrected chi connectivity index (χ2v) is 6.10. The first-order valence-electron chi connectivity index (χ1n) is 8.14. The predicted octanol–water partition coefficient (Wildman–Crippen LogP) is 4.32. The number of amides is 1. The number of carbonyl (C=O) groups is 1. The molecular formula is C18H20F3N3O. The van der Waals surface area contributed by atoms with Crippen LogP contribution >= 0.6 is 0 Å². The van der Waals surface area contributed by atoms with Gasteiger partial charge in [0, 0.05) is 25.0 Å². The minimum Gasteiger partial charge on any atom is -0.360 e. The number of hydrogen-bond acceptors (Lipinski definition) is 3. The van der Waals surface area contributed by atoms with Gasteiger partial charge in [-0.2, -0.15) is 18.4 Å². The number of anilines is 1. The van der Waals surface area contributed by atoms with E-state index in [4.69, 9.17) is 0 Å². The summed E-state index contributed by atoms with van der Waals surface area (Å²) in [5.41, 5.74) is -0.461. The number of rotatable bonds is 4. The molecule has 0 radical (unpaired) electrons. The van der Waals surface area contributed by atoms with E-state index in [2.05, 4.69) is 5.32 Å². The zero-order chi connectivity index (χ0) is 18.4. The smallest absolute Gasteiger partial charge is 0.360 e. The fraction of sp³-hybridized carbons (Fsp3) is 0.444. The minimum atomic E-state index is -4.40. The molecule has 1 fully saturated rings. The molecule has 0 spiro atoms. The highest BCUT2D eigenvalue weighted by Crippen LogP contribution is 2.30. The van der Waals surface area contributed by atoms with Gasteiger partial charge in [-0.3, -0.25) is 4.79 Å². The van der Waals surface area contributed by atoms with E-state index in [-0.39, 0.29) is 17.5 Å². The van der Waals surface area contributed by atoms with E-state index in [0.717, 1.165) is 44.2 Å². The molecule has 0 saturated heterocycles. The highest BCUT2D eigenvalue weighted by molar-refractivity contribution is 5.97. The average Bonchev–Trinajstić information content (AvgIpc) is 2.61. The normalized spacial score (nSPS) is 16.2. The van der Waals surface area contributed by atoms with Crippen molar-refractivity contribution in [2.75, 3.05) is 12.4 Å². The first-order chi connectivity index (χ1) is 11.8. The molecular weight excluding hydrogens is 331 g/mol. The van der Waals surface area contributed by atoms with E-state index >= 15 is 0 Å². The number of nitrogens with zero attached hydrogens (tertiary/aromatic N) is 2. The van der Waals surface area contributed by atoms with Crippen LogP contribution in [0.5, 0.6) is 0 Å². The van der Waals surface area contributed by atoms with Gasteiger partial charge in [-0.05, 0) is 37.1 Å². The van der Waals surface area contributed by atoms with Crippen molar-refractivity contribution in [2.24, 2.45) is 0 Å². The Morgan fingerprint density at radius 3 is 2.36 bits per heavy atom. The molecule has 0 bridgehead atoms. The minimum absolute atomic E-state index is 0.0760. The number of hydrogen-bond donors (Lipinski definition) is 1. The monoisotopic (exact) mass is 351 g/mol. The van der Waals surface area contributed by atoms with Gasteiger partial charge in [0.2, 0.25) is 0 Å². The fourth-order valence-electron chi connectivity index (χ4n) is 2.88. The van der Waals surface area contributed by atoms with Crippen LogP contribution in [-0.4, -0.2) is 23.9 Å². The van der Waals surface area contributed by atoms with E-state index in [1.165, 1.54) is 18.3 Å². The molecule has 1 amide bonds. The maximum atomic E-state index is 12.5. The zero-order valence-electron chi connectivity index (χ0n) is 13.9. The molecule has 0 aliphatic heterocycles. The highest BCUT2D eigenvalue weighted by Gasteiger charge is 2.30. The zero-order valence-corrected chi connectivity index (χ0v) is 13.9. The van der Waals surface area contributed by atoms with Crippen LogP contribution in [0, 0.1) is 11.3 Å². The maximum absolute atomic E-state index is 12.5. The van der Waals surface area contributed by atoms with E-state index < -0.39 is 11.7 Å². The van der Waals surface area contributed by atoms with Gasteiger partial charge < -0.3 is 10.2 Å². The van der Waals surface area contributed by atoms with Crippen molar-refractivity contribution in [3.8, 4) is 6.07 Å². The summed E-state index contributed by atoms with van der Waals surface area (Å²) in [5.74, 6) is -0.381. The lowest BCUT2D eigenvalue weighted by Gasteiger charge is -2.31. The van der Waals surface area contributed by atoms with E-state index in [1.807, 2.05) is 6.07 Å². The molecule has 1 saturated carbocycles. The van der Waals surface area contributed by atoms with Crippen LogP contribution in [0.3, 0.4) is 0 Å². The molecule has 4 nitrogen and oxygen atoms in total. The van der Waals surface area contributed by atoms with Gasteiger partial charge in [0.15, 0.2) is 0 Å². The van der Waals surface area contributed by atoms with Gasteiger partial charge >= 0.3 is 6.18 Å². The van der Waals surface area contributed by atoms with Crippen molar-refractivity contribution < 1.29 is 18.0 Å². The molecule has 1 aliphatic carbocycles. The molecule has 1 N–H and O–H groups in total. The van der Waals surface area contributed by atoms with Gasteiger partial charge in [0.05, 0.1) is 5.56 Å². The summed E-state index contributed by atoms with van der Waals surface area (Å²) in [6.45, 7) is 0. The number of nitrogens with one attached hydrogen (secondary N) is 1. The summed E-state index contributed by atoms with van der Waals surface area (Å²) in [6.07, 6.45) is 1.99. The molecule has 0 heterocycles. The van der Waals surface area contributed by atoms with Crippen molar-refractivity contribution in [3.05, 3.63) is 41.6 Å². The second-order valence-electron chi connectivity index (χ2n) is 6.10. The van der Waals surface area contributed by atoms with Crippen molar-refractivity contribution in [3.63, 3.8) is 0 Å². The largest absolute Gasteiger partial charge is 0.416 e. The van der Waals surface area contributed by atoms with Crippen LogP contribution < -0.4 is 5.32 Å². The molecule has 0 atom stereocenters. The summed E-state index contributed by atoms with van der Waals surface area (Å²) in [7, 11) is 1.68. The van der Waals surface area contributed by atoms with Crippen LogP contribution in [0.25, 0.3) is 0 Å². The van der Waals surface area contributed by atoms with Crippen LogP contribution in [0.4, 0.5) is 18.9 Å². The molecule has 134 valence electrons. The molecule has 0 aromatic heterocycles. The number of alkyl halides is 3. The topological polar surface area (TPSA) is 56.1 Å². The van der Waals surface area contributed by atoms with Crippen molar-refractivity contribution in [1.29, 1.82) is 5.26 Å². The molecule has 1 aromatic rings. The van der Waals surface area contributed by atoms with Gasteiger partial charge in [0.25, 0.3) is 5.91 Å². The molecule has 1 aliphatic rings. The summed E-state index contributed by atoms with van der Waals surface area (Å²) in [5, 5.41) is 11.9. The van der Waals surface area contributed by atoms with Crippen LogP contribution in [0.2, 0.25) is 0 Å². The first kappa shape index (κ1) is 18.8. The van der Waals surface area contributed by atoms with Crippen LogP contribution in [0.1, 0.15) is 37.7 Å². The second kappa shape index (κ2) is 8.06. The predicted molar refractivity (Wildman–Crippen MR) is 88.4 cm³/mol. The van der Waals surface area contributed by atoms with Gasteiger partial charge in [-0.1, -0.05) is 19.3 Å². The third kappa shape index (κ3) is 4.99. The van der Waals surface area contributed by atoms with Crippen molar-refractivity contribution >= 4 is 11.6 Å². The Bertz CT molecular complexity index is 668. The molecule has 0 unspecified atom stereocenters. The number of nitriles is 1. The Hall–Kier alpha value is -2.49. The maximum Gasteiger partial charge on any atom is 0.416 e. The standard InChI is InChI=1S/C18H20F3N3O/c1-24(16-5-3-2-4-6-16)17(25)13(11-22)12-23-15-9-7-14(8-10-15)18(19,20)21/h7-10,12,16,23H,2-6H2,1H3/b13-12-. The fourth-order valence-corrected chi connectivity index (χ4v) is 2.88. The third-order valence-corrected chi connectivity index (χ3v) is 4.39. The first-order valence-corrected chi connectivity index (χ1v) is 8.14. The molecule has 25 heavy (non-hydrogen) atoms. The van der Waals surface area contributed by atoms with Gasteiger partial charge in [-0.15, -0.1) is 0 Å². The van der Waals surface area contributed by atoms with Crippen LogP contribution in [-0.2, 0) is 11.0 Å². The summed E-state index contributed by atoms with van der Waals surface area (Å²) < 4.78 is 37.6. The van der Waals surface area contributed by atoms with Crippen LogP contribution in [0.15, 0.2) is 36.0 Å². The Balaban J connectivity index is 2.04. The number of carbonyl (C=O) groups excluding carboxylic acids is 1. The average molecular weight is 351 g/mol. The summed E-state index contributed by atoms with van der Waals surface area (Å²) in [6, 6.07) is 6.38. The van der Waals surface area contributed by atoms with Gasteiger partial charge in [-0.25, -0.2) is 0 Å². The SMILES string of the molecule is CN(C(=O)/C(C#N)=C\Nc1ccc(C(F)(F)F)cc1)C1CCCCC1. The Labute approximate surface area is 144 Å². The Kier molecular flexibility index (Phi) is 6.07. The lowest BCUT2D eigenvalue weighted by Crippen LogP contribution is -2.39. The lowest BCUT2D eigenvalue weighted by molar-refractivity contribution is -0.137. The van der Waals surface area contributed by atoms with Gasteiger partial charge in [0.1, 0.15) is 11.6 Å². The van der Waals surface area contributed by atoms with Crippen molar-refractivity contribution in [2.45, 2.75) is 44.3 Å². The summed E-state index contributed by atoms with van der Waals surface area (Å²) in [4.78, 5) is 14.0. The lowest BCUT2D eigenvalue weighted by atomic mass is 9.94. The highest BCUT2D eigenvalue weighted by atomic mass is 19.4. The summed E-state index contributed by atoms with van der Waals surface area (Å²) >= 11 is 0. The molecule has 7 heteroatoms. The number of benzene rings is 1. The Morgan fingerprint density at radius 1 is 1.24 bits per heavy atom. The third-order valence-electron chi connectivity index (χ3n) is 4.39. The van der Waals surface area contributed by atoms with E-state index in [9.17, 15) is 23.2 Å². The van der Waals surface area contributed by atoms with E-state index in [1.54, 1.807) is 11.9 Å². The molecule has 2 rings (SSSR count). The quantitative estimate of drug-likeness (QED) is 0.649. The Morgan fingerprint density at radius 2 is 1.84 bits per heavy atom.